The molecule has 0 aliphatic carbocycles. The fourth-order valence-corrected chi connectivity index (χ4v) is 4.70. The van der Waals surface area contributed by atoms with Crippen LogP contribution in [-0.4, -0.2) is 28.8 Å². The summed E-state index contributed by atoms with van der Waals surface area (Å²) in [6.07, 6.45) is 3.60. The molecule has 3 heteroatoms. The quantitative estimate of drug-likeness (QED) is 0.430. The smallest absolute Gasteiger partial charge is 0.168 e. The summed E-state index contributed by atoms with van der Waals surface area (Å²) in [5.74, 6) is 0.366. The van der Waals surface area contributed by atoms with Gasteiger partial charge in [0.05, 0.1) is 0 Å². The van der Waals surface area contributed by atoms with Gasteiger partial charge >= 0.3 is 0 Å². The number of ketones is 1. The molecule has 2 atom stereocenters. The van der Waals surface area contributed by atoms with E-state index in [2.05, 4.69) is 58.4 Å². The summed E-state index contributed by atoms with van der Waals surface area (Å²) < 4.78 is 0. The molecule has 0 radical (unpaired) electrons. The molecule has 3 aromatic carbocycles. The summed E-state index contributed by atoms with van der Waals surface area (Å²) in [7, 11) is 0. The summed E-state index contributed by atoms with van der Waals surface area (Å²) in [6, 6.07) is 28.9. The number of hydrogen-bond donors (Lipinski definition) is 0. The molecule has 2 heterocycles. The summed E-state index contributed by atoms with van der Waals surface area (Å²) in [5, 5.41) is 2.00. The highest BCUT2D eigenvalue weighted by Gasteiger charge is 2.38. The second-order valence-electron chi connectivity index (χ2n) is 8.07. The average molecular weight is 393 g/mol. The lowest BCUT2D eigenvalue weighted by Gasteiger charge is -2.18. The first-order valence-corrected chi connectivity index (χ1v) is 10.5. The van der Waals surface area contributed by atoms with E-state index in [1.54, 1.807) is 6.20 Å². The second-order valence-corrected chi connectivity index (χ2v) is 8.07. The van der Waals surface area contributed by atoms with Crippen molar-refractivity contribution in [3.05, 3.63) is 114 Å². The normalized spacial score (nSPS) is 19.2. The molecule has 5 rings (SSSR count). The van der Waals surface area contributed by atoms with Crippen LogP contribution in [-0.2, 0) is 6.54 Å². The Kier molecular flexibility index (Phi) is 5.12. The van der Waals surface area contributed by atoms with Crippen LogP contribution in [0.15, 0.2) is 97.3 Å². The van der Waals surface area contributed by atoms with E-state index in [1.165, 1.54) is 11.1 Å². The van der Waals surface area contributed by atoms with Crippen molar-refractivity contribution >= 4 is 16.6 Å². The summed E-state index contributed by atoms with van der Waals surface area (Å²) in [5.41, 5.74) is 3.34. The molecule has 4 aromatic rings. The van der Waals surface area contributed by atoms with E-state index in [-0.39, 0.29) is 17.6 Å². The zero-order valence-corrected chi connectivity index (χ0v) is 16.8. The number of Topliss-reactive ketones (excluding diaryl/α,β-unsaturated/α-hetero) is 1. The van der Waals surface area contributed by atoms with Crippen LogP contribution < -0.4 is 0 Å². The fourth-order valence-electron chi connectivity index (χ4n) is 4.70. The number of rotatable bonds is 5. The van der Waals surface area contributed by atoms with Gasteiger partial charge < -0.3 is 0 Å². The standard InChI is InChI=1S/C27H24N2O/c30-27(24-13-7-12-22-16-28-15-14-23(22)24)26-19-29(17-20-8-3-1-4-9-20)18-25(26)21-10-5-2-6-11-21/h1-16,25-26H,17-19H2. The number of hydrogen-bond acceptors (Lipinski definition) is 3. The summed E-state index contributed by atoms with van der Waals surface area (Å²) >= 11 is 0. The molecule has 1 aliphatic heterocycles. The zero-order valence-electron chi connectivity index (χ0n) is 16.8. The molecule has 3 nitrogen and oxygen atoms in total. The van der Waals surface area contributed by atoms with Gasteiger partial charge in [0.2, 0.25) is 0 Å². The minimum atomic E-state index is -0.0603. The topological polar surface area (TPSA) is 33.2 Å². The van der Waals surface area contributed by atoms with E-state index in [0.717, 1.165) is 36.0 Å². The molecular weight excluding hydrogens is 368 g/mol. The van der Waals surface area contributed by atoms with Crippen LogP contribution in [0.25, 0.3) is 10.8 Å². The first-order chi connectivity index (χ1) is 14.8. The van der Waals surface area contributed by atoms with Gasteiger partial charge in [-0.05, 0) is 22.6 Å². The van der Waals surface area contributed by atoms with Crippen molar-refractivity contribution in [2.45, 2.75) is 12.5 Å². The molecule has 1 fully saturated rings. The van der Waals surface area contributed by atoms with Gasteiger partial charge in [-0.15, -0.1) is 0 Å². The van der Waals surface area contributed by atoms with E-state index >= 15 is 0 Å². The minimum absolute atomic E-state index is 0.0603. The highest BCUT2D eigenvalue weighted by Crippen LogP contribution is 2.36. The highest BCUT2D eigenvalue weighted by atomic mass is 16.1. The monoisotopic (exact) mass is 392 g/mol. The van der Waals surface area contributed by atoms with Gasteiger partial charge in [-0.3, -0.25) is 14.7 Å². The van der Waals surface area contributed by atoms with Crippen molar-refractivity contribution in [2.24, 2.45) is 5.92 Å². The number of fused-ring (bicyclic) bond motifs is 1. The maximum absolute atomic E-state index is 13.8. The van der Waals surface area contributed by atoms with E-state index in [0.29, 0.717) is 0 Å². The number of benzene rings is 3. The molecule has 0 N–H and O–H groups in total. The number of nitrogens with zero attached hydrogens (tertiary/aromatic N) is 2. The van der Waals surface area contributed by atoms with Gasteiger partial charge in [-0.1, -0.05) is 78.9 Å². The maximum atomic E-state index is 13.8. The van der Waals surface area contributed by atoms with Crippen molar-refractivity contribution in [1.29, 1.82) is 0 Å². The minimum Gasteiger partial charge on any atom is -0.298 e. The number of carbonyl (C=O) groups excluding carboxylic acids is 1. The molecule has 2 unspecified atom stereocenters. The van der Waals surface area contributed by atoms with Crippen molar-refractivity contribution in [3.8, 4) is 0 Å². The van der Waals surface area contributed by atoms with E-state index in [1.807, 2.05) is 42.6 Å². The Morgan fingerprint density at radius 3 is 2.43 bits per heavy atom. The Morgan fingerprint density at radius 1 is 0.867 bits per heavy atom. The molecule has 1 saturated heterocycles. The molecule has 0 bridgehead atoms. The number of pyridine rings is 1. The van der Waals surface area contributed by atoms with Crippen LogP contribution in [0.2, 0.25) is 0 Å². The summed E-state index contributed by atoms with van der Waals surface area (Å²) in [4.78, 5) is 20.4. The van der Waals surface area contributed by atoms with E-state index in [4.69, 9.17) is 0 Å². The fraction of sp³-hybridized carbons (Fsp3) is 0.185. The molecule has 1 aliphatic rings. The SMILES string of the molecule is O=C(c1cccc2cnccc12)C1CN(Cc2ccccc2)CC1c1ccccc1. The van der Waals surface area contributed by atoms with Crippen LogP contribution in [0.4, 0.5) is 0 Å². The van der Waals surface area contributed by atoms with Crippen molar-refractivity contribution in [1.82, 2.24) is 9.88 Å². The first kappa shape index (κ1) is 18.7. The molecule has 1 aromatic heterocycles. The van der Waals surface area contributed by atoms with Gasteiger partial charge in [-0.2, -0.15) is 0 Å². The maximum Gasteiger partial charge on any atom is 0.168 e. The van der Waals surface area contributed by atoms with Gasteiger partial charge in [0, 0.05) is 54.8 Å². The first-order valence-electron chi connectivity index (χ1n) is 10.5. The average Bonchev–Trinajstić information content (AvgIpc) is 3.23. The Hall–Kier alpha value is -3.30. The number of likely N-dealkylation sites (tertiary alicyclic amines) is 1. The zero-order chi connectivity index (χ0) is 20.3. The van der Waals surface area contributed by atoms with Crippen molar-refractivity contribution in [2.75, 3.05) is 13.1 Å². The predicted octanol–water partition coefficient (Wildman–Crippen LogP) is 5.33. The largest absolute Gasteiger partial charge is 0.298 e. The molecule has 0 saturated carbocycles. The van der Waals surface area contributed by atoms with Gasteiger partial charge in [0.1, 0.15) is 0 Å². The van der Waals surface area contributed by atoms with Gasteiger partial charge in [0.15, 0.2) is 5.78 Å². The number of carbonyl (C=O) groups is 1. The van der Waals surface area contributed by atoms with Gasteiger partial charge in [-0.25, -0.2) is 0 Å². The van der Waals surface area contributed by atoms with Crippen LogP contribution in [0.1, 0.15) is 27.4 Å². The van der Waals surface area contributed by atoms with Gasteiger partial charge in [0.25, 0.3) is 0 Å². The molecule has 148 valence electrons. The van der Waals surface area contributed by atoms with Crippen molar-refractivity contribution < 1.29 is 4.79 Å². The van der Waals surface area contributed by atoms with Crippen molar-refractivity contribution in [3.63, 3.8) is 0 Å². The van der Waals surface area contributed by atoms with Crippen LogP contribution >= 0.6 is 0 Å². The summed E-state index contributed by atoms with van der Waals surface area (Å²) in [6.45, 7) is 2.53. The predicted molar refractivity (Wildman–Crippen MR) is 120 cm³/mol. The Morgan fingerprint density at radius 2 is 1.63 bits per heavy atom. The second kappa shape index (κ2) is 8.21. The Balaban J connectivity index is 1.49. The third-order valence-electron chi connectivity index (χ3n) is 6.16. The highest BCUT2D eigenvalue weighted by molar-refractivity contribution is 6.09. The lowest BCUT2D eigenvalue weighted by atomic mass is 9.83. The number of aromatic nitrogens is 1. The molecule has 0 spiro atoms. The third kappa shape index (κ3) is 3.64. The Labute approximate surface area is 177 Å². The lowest BCUT2D eigenvalue weighted by Crippen LogP contribution is -2.24. The van der Waals surface area contributed by atoms with Crippen LogP contribution in [0, 0.1) is 5.92 Å². The van der Waals surface area contributed by atoms with E-state index < -0.39 is 0 Å². The molecule has 0 amide bonds. The van der Waals surface area contributed by atoms with E-state index in [9.17, 15) is 4.79 Å². The van der Waals surface area contributed by atoms with Crippen LogP contribution in [0.3, 0.4) is 0 Å². The molecule has 30 heavy (non-hydrogen) atoms. The van der Waals surface area contributed by atoms with Crippen LogP contribution in [0.5, 0.6) is 0 Å². The third-order valence-corrected chi connectivity index (χ3v) is 6.16. The molecular formula is C27H24N2O. The Bertz CT molecular complexity index is 1150. The lowest BCUT2D eigenvalue weighted by molar-refractivity contribution is 0.0915.